The smallest absolute Gasteiger partial charge is 0.221 e. The van der Waals surface area contributed by atoms with Gasteiger partial charge in [0.15, 0.2) is 5.76 Å². The van der Waals surface area contributed by atoms with Gasteiger partial charge in [0.1, 0.15) is 11.5 Å². The monoisotopic (exact) mass is 298 g/mol. The molecule has 0 saturated carbocycles. The van der Waals surface area contributed by atoms with Crippen LogP contribution in [0.1, 0.15) is 16.3 Å². The Morgan fingerprint density at radius 3 is 2.67 bits per heavy atom. The number of benzene rings is 1. The van der Waals surface area contributed by atoms with Crippen molar-refractivity contribution in [2.45, 2.75) is 0 Å². The van der Waals surface area contributed by atoms with Gasteiger partial charge in [-0.2, -0.15) is 0 Å². The molecular weight excluding hydrogens is 288 g/mol. The molecule has 0 aliphatic heterocycles. The molecule has 2 aromatic heterocycles. The molecule has 3 nitrogen and oxygen atoms in total. The highest BCUT2D eigenvalue weighted by atomic mass is 35.5. The average Bonchev–Trinajstić information content (AvgIpc) is 3.17. The van der Waals surface area contributed by atoms with Crippen molar-refractivity contribution >= 4 is 23.5 Å². The molecular formula is C17H11ClO3. The van der Waals surface area contributed by atoms with Crippen molar-refractivity contribution in [3.8, 4) is 11.3 Å². The molecule has 3 aromatic rings. The fourth-order valence-corrected chi connectivity index (χ4v) is 2.14. The van der Waals surface area contributed by atoms with E-state index in [1.807, 2.05) is 24.3 Å². The van der Waals surface area contributed by atoms with Crippen LogP contribution in [0.3, 0.4) is 0 Å². The van der Waals surface area contributed by atoms with Crippen molar-refractivity contribution < 1.29 is 13.6 Å². The van der Waals surface area contributed by atoms with Crippen LogP contribution in [-0.2, 0) is 0 Å². The number of halogens is 1. The Balaban J connectivity index is 1.80. The third-order valence-corrected chi connectivity index (χ3v) is 3.26. The Kier molecular flexibility index (Phi) is 3.75. The zero-order chi connectivity index (χ0) is 14.7. The molecule has 0 N–H and O–H groups in total. The molecule has 0 aliphatic carbocycles. The highest BCUT2D eigenvalue weighted by molar-refractivity contribution is 6.33. The van der Waals surface area contributed by atoms with E-state index in [0.717, 1.165) is 5.56 Å². The minimum Gasteiger partial charge on any atom is -0.461 e. The van der Waals surface area contributed by atoms with Gasteiger partial charge in [0, 0.05) is 5.56 Å². The second-order valence-electron chi connectivity index (χ2n) is 4.36. The topological polar surface area (TPSA) is 43.4 Å². The molecule has 21 heavy (non-hydrogen) atoms. The second-order valence-corrected chi connectivity index (χ2v) is 4.76. The van der Waals surface area contributed by atoms with Crippen LogP contribution in [0.4, 0.5) is 0 Å². The molecule has 2 heterocycles. The summed E-state index contributed by atoms with van der Waals surface area (Å²) in [5, 5.41) is 0.619. The lowest BCUT2D eigenvalue weighted by Gasteiger charge is -1.98. The first kappa shape index (κ1) is 13.5. The van der Waals surface area contributed by atoms with Gasteiger partial charge in [-0.3, -0.25) is 4.79 Å². The number of carbonyl (C=O) groups is 1. The summed E-state index contributed by atoms with van der Waals surface area (Å²) in [6.45, 7) is 0. The maximum absolute atomic E-state index is 11.8. The maximum atomic E-state index is 11.8. The van der Waals surface area contributed by atoms with E-state index < -0.39 is 0 Å². The third kappa shape index (κ3) is 2.98. The molecule has 104 valence electrons. The molecule has 0 saturated heterocycles. The Hall–Kier alpha value is -2.52. The fraction of sp³-hybridized carbons (Fsp3) is 0. The number of allylic oxidation sites excluding steroid dienone is 1. The predicted molar refractivity (Wildman–Crippen MR) is 81.2 cm³/mol. The highest BCUT2D eigenvalue weighted by Gasteiger charge is 2.08. The van der Waals surface area contributed by atoms with Crippen LogP contribution in [0.25, 0.3) is 17.4 Å². The van der Waals surface area contributed by atoms with Gasteiger partial charge in [-0.05, 0) is 48.6 Å². The summed E-state index contributed by atoms with van der Waals surface area (Å²) in [5.41, 5.74) is 0.816. The van der Waals surface area contributed by atoms with Crippen molar-refractivity contribution in [3.05, 3.63) is 77.4 Å². The summed E-state index contributed by atoms with van der Waals surface area (Å²) in [7, 11) is 0. The Morgan fingerprint density at radius 2 is 1.90 bits per heavy atom. The quantitative estimate of drug-likeness (QED) is 0.498. The largest absolute Gasteiger partial charge is 0.461 e. The number of rotatable bonds is 4. The van der Waals surface area contributed by atoms with Crippen LogP contribution in [0.15, 0.2) is 69.7 Å². The highest BCUT2D eigenvalue weighted by Crippen LogP contribution is 2.29. The van der Waals surface area contributed by atoms with Crippen molar-refractivity contribution in [3.63, 3.8) is 0 Å². The standard InChI is InChI=1S/C17H11ClO3/c18-14-5-2-1-4-13(14)16-10-8-12(21-16)7-9-15(19)17-6-3-11-20-17/h1-11H. The summed E-state index contributed by atoms with van der Waals surface area (Å²) in [5.74, 6) is 1.32. The molecule has 3 rings (SSSR count). The van der Waals surface area contributed by atoms with Gasteiger partial charge in [-0.25, -0.2) is 0 Å². The zero-order valence-electron chi connectivity index (χ0n) is 11.0. The van der Waals surface area contributed by atoms with Crippen LogP contribution in [-0.4, -0.2) is 5.78 Å². The van der Waals surface area contributed by atoms with E-state index in [2.05, 4.69) is 0 Å². The van der Waals surface area contributed by atoms with Gasteiger partial charge in [-0.15, -0.1) is 0 Å². The van der Waals surface area contributed by atoms with Gasteiger partial charge < -0.3 is 8.83 Å². The molecule has 4 heteroatoms. The normalized spacial score (nSPS) is 11.1. The number of ketones is 1. The molecule has 0 fully saturated rings. The maximum Gasteiger partial charge on any atom is 0.221 e. The Labute approximate surface area is 126 Å². The Morgan fingerprint density at radius 1 is 1.05 bits per heavy atom. The lowest BCUT2D eigenvalue weighted by molar-refractivity contribution is 0.102. The number of hydrogen-bond donors (Lipinski definition) is 0. The first-order chi connectivity index (χ1) is 10.2. The first-order valence-electron chi connectivity index (χ1n) is 6.35. The summed E-state index contributed by atoms with van der Waals surface area (Å²) >= 11 is 6.12. The molecule has 0 radical (unpaired) electrons. The van der Waals surface area contributed by atoms with Crippen LogP contribution in [0, 0.1) is 0 Å². The SMILES string of the molecule is O=C(C=Cc1ccc(-c2ccccc2Cl)o1)c1ccco1. The van der Waals surface area contributed by atoms with E-state index in [4.69, 9.17) is 20.4 Å². The van der Waals surface area contributed by atoms with Crippen LogP contribution < -0.4 is 0 Å². The van der Waals surface area contributed by atoms with Gasteiger partial charge in [-0.1, -0.05) is 23.7 Å². The third-order valence-electron chi connectivity index (χ3n) is 2.93. The first-order valence-corrected chi connectivity index (χ1v) is 6.72. The Bertz CT molecular complexity index is 782. The summed E-state index contributed by atoms with van der Waals surface area (Å²) < 4.78 is 10.7. The van der Waals surface area contributed by atoms with E-state index in [-0.39, 0.29) is 5.78 Å². The molecule has 0 bridgehead atoms. The molecule has 0 unspecified atom stereocenters. The summed E-state index contributed by atoms with van der Waals surface area (Å²) in [6.07, 6.45) is 4.47. The van der Waals surface area contributed by atoms with Crippen LogP contribution in [0.5, 0.6) is 0 Å². The minimum atomic E-state index is -0.212. The van der Waals surface area contributed by atoms with E-state index >= 15 is 0 Å². The van der Waals surface area contributed by atoms with Crippen molar-refractivity contribution in [1.82, 2.24) is 0 Å². The number of furan rings is 2. The van der Waals surface area contributed by atoms with E-state index in [0.29, 0.717) is 22.3 Å². The van der Waals surface area contributed by atoms with Gasteiger partial charge in [0.05, 0.1) is 11.3 Å². The second kappa shape index (κ2) is 5.85. The van der Waals surface area contributed by atoms with E-state index in [9.17, 15) is 4.79 Å². The van der Waals surface area contributed by atoms with Gasteiger partial charge in [0.2, 0.25) is 5.78 Å². The zero-order valence-corrected chi connectivity index (χ0v) is 11.7. The molecule has 0 amide bonds. The average molecular weight is 299 g/mol. The predicted octanol–water partition coefficient (Wildman–Crippen LogP) is 5.09. The lowest BCUT2D eigenvalue weighted by atomic mass is 10.2. The summed E-state index contributed by atoms with van der Waals surface area (Å²) in [6, 6.07) is 14.3. The summed E-state index contributed by atoms with van der Waals surface area (Å²) in [4.78, 5) is 11.8. The lowest BCUT2D eigenvalue weighted by Crippen LogP contribution is -1.89. The van der Waals surface area contributed by atoms with Crippen molar-refractivity contribution in [1.29, 1.82) is 0 Å². The molecule has 0 aliphatic rings. The van der Waals surface area contributed by atoms with Crippen LogP contribution >= 0.6 is 11.6 Å². The molecule has 0 atom stereocenters. The van der Waals surface area contributed by atoms with Crippen LogP contribution in [0.2, 0.25) is 5.02 Å². The van der Waals surface area contributed by atoms with E-state index in [1.165, 1.54) is 12.3 Å². The van der Waals surface area contributed by atoms with Gasteiger partial charge >= 0.3 is 0 Å². The number of hydrogen-bond acceptors (Lipinski definition) is 3. The van der Waals surface area contributed by atoms with Crippen molar-refractivity contribution in [2.24, 2.45) is 0 Å². The fourth-order valence-electron chi connectivity index (χ4n) is 1.91. The number of carbonyl (C=O) groups excluding carboxylic acids is 1. The molecule has 0 spiro atoms. The van der Waals surface area contributed by atoms with E-state index in [1.54, 1.807) is 30.3 Å². The minimum absolute atomic E-state index is 0.212. The molecule has 1 aromatic carbocycles. The van der Waals surface area contributed by atoms with Gasteiger partial charge in [0.25, 0.3) is 0 Å². The van der Waals surface area contributed by atoms with Crippen molar-refractivity contribution in [2.75, 3.05) is 0 Å².